The van der Waals surface area contributed by atoms with E-state index in [1.54, 1.807) is 0 Å². The van der Waals surface area contributed by atoms with E-state index in [1.165, 1.54) is 11.3 Å². The maximum Gasteiger partial charge on any atom is 0.264 e. The maximum atomic E-state index is 12.4. The molecule has 0 spiro atoms. The number of amides is 1. The molecular weight excluding hydrogens is 322 g/mol. The van der Waals surface area contributed by atoms with Crippen molar-refractivity contribution >= 4 is 44.8 Å². The van der Waals surface area contributed by atoms with Crippen LogP contribution in [0.3, 0.4) is 0 Å². The van der Waals surface area contributed by atoms with Gasteiger partial charge in [-0.15, -0.1) is 22.9 Å². The van der Waals surface area contributed by atoms with Crippen LogP contribution in [0.5, 0.6) is 0 Å². The normalized spacial score (nSPS) is 10.9. The Kier molecular flexibility index (Phi) is 6.52. The second-order valence-electron chi connectivity index (χ2n) is 3.76. The fraction of sp³-hybridized carbons (Fsp3) is 0.583. The smallest absolute Gasteiger partial charge is 0.264 e. The van der Waals surface area contributed by atoms with Gasteiger partial charge in [0.15, 0.2) is 0 Å². The molecule has 0 aliphatic heterocycles. The Bertz CT molecular complexity index is 365. The van der Waals surface area contributed by atoms with Crippen molar-refractivity contribution < 1.29 is 4.79 Å². The summed E-state index contributed by atoms with van der Waals surface area (Å²) in [6.45, 7) is 4.82. The fourth-order valence-electron chi connectivity index (χ4n) is 1.84. The highest BCUT2D eigenvalue weighted by Gasteiger charge is 2.22. The van der Waals surface area contributed by atoms with Crippen molar-refractivity contribution in [1.29, 1.82) is 0 Å². The van der Waals surface area contributed by atoms with Crippen molar-refractivity contribution in [2.45, 2.75) is 32.7 Å². The van der Waals surface area contributed by atoms with Gasteiger partial charge in [-0.3, -0.25) is 4.79 Å². The van der Waals surface area contributed by atoms with E-state index >= 15 is 0 Å². The highest BCUT2D eigenvalue weighted by molar-refractivity contribution is 9.11. The van der Waals surface area contributed by atoms with Crippen molar-refractivity contribution in [3.05, 3.63) is 20.8 Å². The molecule has 0 bridgehead atoms. The number of hydrogen-bond acceptors (Lipinski definition) is 2. The molecule has 1 aromatic heterocycles. The quantitative estimate of drug-likeness (QED) is 0.705. The summed E-state index contributed by atoms with van der Waals surface area (Å²) in [6, 6.07) is 4.05. The summed E-state index contributed by atoms with van der Waals surface area (Å²) in [6.07, 6.45) is 1.93. The topological polar surface area (TPSA) is 20.3 Å². The van der Waals surface area contributed by atoms with Crippen LogP contribution in [0.15, 0.2) is 15.9 Å². The van der Waals surface area contributed by atoms with Gasteiger partial charge in [0.1, 0.15) is 0 Å². The maximum absolute atomic E-state index is 12.4. The molecular formula is C12H17BrClNOS. The van der Waals surface area contributed by atoms with Gasteiger partial charge in [-0.1, -0.05) is 13.8 Å². The zero-order valence-electron chi connectivity index (χ0n) is 10.1. The molecule has 0 radical (unpaired) electrons. The molecule has 0 fully saturated rings. The molecule has 17 heavy (non-hydrogen) atoms. The zero-order chi connectivity index (χ0) is 12.8. The molecule has 0 saturated carbocycles. The second-order valence-corrected chi connectivity index (χ2v) is 6.60. The molecule has 1 rings (SSSR count). The van der Waals surface area contributed by atoms with Gasteiger partial charge in [0.2, 0.25) is 0 Å². The lowest BCUT2D eigenvalue weighted by atomic mass is 10.1. The van der Waals surface area contributed by atoms with Crippen LogP contribution in [0.2, 0.25) is 0 Å². The number of nitrogens with zero attached hydrogens (tertiary/aromatic N) is 1. The molecule has 0 N–H and O–H groups in total. The number of alkyl halides is 1. The Morgan fingerprint density at radius 1 is 1.47 bits per heavy atom. The third-order valence-electron chi connectivity index (χ3n) is 2.75. The Hall–Kier alpha value is -0.0600. The first kappa shape index (κ1) is 15.0. The SMILES string of the molecule is CCC(CC)N(CCCl)C(=O)c1ccc(Br)s1. The molecule has 1 aromatic rings. The van der Waals surface area contributed by atoms with E-state index in [0.29, 0.717) is 12.4 Å². The summed E-state index contributed by atoms with van der Waals surface area (Å²) in [5.74, 6) is 0.574. The van der Waals surface area contributed by atoms with E-state index in [2.05, 4.69) is 29.8 Å². The molecule has 0 unspecified atom stereocenters. The minimum atomic E-state index is 0.0926. The molecule has 1 amide bonds. The molecule has 0 aromatic carbocycles. The van der Waals surface area contributed by atoms with E-state index < -0.39 is 0 Å². The monoisotopic (exact) mass is 337 g/mol. The first-order valence-corrected chi connectivity index (χ1v) is 7.90. The van der Waals surface area contributed by atoms with Gasteiger partial charge in [0.25, 0.3) is 5.91 Å². The predicted octanol–water partition coefficient (Wildman–Crippen LogP) is 4.38. The van der Waals surface area contributed by atoms with Gasteiger partial charge >= 0.3 is 0 Å². The molecule has 2 nitrogen and oxygen atoms in total. The average Bonchev–Trinajstić information content (AvgIpc) is 2.75. The van der Waals surface area contributed by atoms with E-state index in [-0.39, 0.29) is 11.9 Å². The van der Waals surface area contributed by atoms with Crippen molar-refractivity contribution in [3.63, 3.8) is 0 Å². The lowest BCUT2D eigenvalue weighted by molar-refractivity contribution is 0.0686. The number of halogens is 2. The highest BCUT2D eigenvalue weighted by atomic mass is 79.9. The second kappa shape index (κ2) is 7.39. The van der Waals surface area contributed by atoms with Crippen LogP contribution >= 0.6 is 38.9 Å². The standard InChI is InChI=1S/C12H17BrClNOS/c1-3-9(4-2)15(8-7-14)12(16)10-5-6-11(13)17-10/h5-6,9H,3-4,7-8H2,1-2H3. The molecule has 0 saturated heterocycles. The molecule has 0 aliphatic rings. The Balaban J connectivity index is 2.86. The summed E-state index contributed by atoms with van der Waals surface area (Å²) in [5.41, 5.74) is 0. The number of hydrogen-bond donors (Lipinski definition) is 0. The van der Waals surface area contributed by atoms with Gasteiger partial charge in [-0.05, 0) is 40.9 Å². The van der Waals surface area contributed by atoms with Crippen LogP contribution < -0.4 is 0 Å². The third kappa shape index (κ3) is 3.97. The molecule has 0 atom stereocenters. The average molecular weight is 339 g/mol. The number of thiophene rings is 1. The summed E-state index contributed by atoms with van der Waals surface area (Å²) >= 11 is 10.6. The fourth-order valence-corrected chi connectivity index (χ4v) is 3.37. The van der Waals surface area contributed by atoms with Crippen LogP contribution in [-0.2, 0) is 0 Å². The van der Waals surface area contributed by atoms with Crippen LogP contribution in [-0.4, -0.2) is 29.3 Å². The van der Waals surface area contributed by atoms with Crippen LogP contribution in [0.1, 0.15) is 36.4 Å². The lowest BCUT2D eigenvalue weighted by Crippen LogP contribution is -2.40. The number of carbonyl (C=O) groups is 1. The Morgan fingerprint density at radius 3 is 2.53 bits per heavy atom. The van der Waals surface area contributed by atoms with Crippen LogP contribution in [0.4, 0.5) is 0 Å². The van der Waals surface area contributed by atoms with Gasteiger partial charge in [-0.25, -0.2) is 0 Å². The zero-order valence-corrected chi connectivity index (χ0v) is 13.2. The highest BCUT2D eigenvalue weighted by Crippen LogP contribution is 2.24. The van der Waals surface area contributed by atoms with Crippen LogP contribution in [0.25, 0.3) is 0 Å². The van der Waals surface area contributed by atoms with Crippen molar-refractivity contribution in [1.82, 2.24) is 4.90 Å². The Morgan fingerprint density at radius 2 is 2.12 bits per heavy atom. The molecule has 0 aliphatic carbocycles. The van der Waals surface area contributed by atoms with E-state index in [0.717, 1.165) is 21.5 Å². The molecule has 1 heterocycles. The van der Waals surface area contributed by atoms with Gasteiger partial charge in [0.05, 0.1) is 8.66 Å². The first-order chi connectivity index (χ1) is 8.13. The van der Waals surface area contributed by atoms with E-state index in [1.807, 2.05) is 17.0 Å². The summed E-state index contributed by atoms with van der Waals surface area (Å²) < 4.78 is 0.983. The van der Waals surface area contributed by atoms with E-state index in [9.17, 15) is 4.79 Å². The molecule has 96 valence electrons. The number of carbonyl (C=O) groups excluding carboxylic acids is 1. The van der Waals surface area contributed by atoms with Crippen molar-refractivity contribution in [2.24, 2.45) is 0 Å². The predicted molar refractivity (Wildman–Crippen MR) is 78.1 cm³/mol. The minimum absolute atomic E-state index is 0.0926. The van der Waals surface area contributed by atoms with E-state index in [4.69, 9.17) is 11.6 Å². The van der Waals surface area contributed by atoms with Crippen molar-refractivity contribution in [3.8, 4) is 0 Å². The lowest BCUT2D eigenvalue weighted by Gasteiger charge is -2.29. The minimum Gasteiger partial charge on any atom is -0.334 e. The summed E-state index contributed by atoms with van der Waals surface area (Å²) in [7, 11) is 0. The third-order valence-corrected chi connectivity index (χ3v) is 4.53. The largest absolute Gasteiger partial charge is 0.334 e. The van der Waals surface area contributed by atoms with Gasteiger partial charge < -0.3 is 4.90 Å². The summed E-state index contributed by atoms with van der Waals surface area (Å²) in [5, 5.41) is 0. The number of rotatable bonds is 6. The van der Waals surface area contributed by atoms with Gasteiger partial charge in [0, 0.05) is 18.5 Å². The molecule has 5 heteroatoms. The first-order valence-electron chi connectivity index (χ1n) is 5.76. The summed E-state index contributed by atoms with van der Waals surface area (Å²) in [4.78, 5) is 15.0. The Labute approximate surface area is 120 Å². The van der Waals surface area contributed by atoms with Gasteiger partial charge in [-0.2, -0.15) is 0 Å². The van der Waals surface area contributed by atoms with Crippen molar-refractivity contribution in [2.75, 3.05) is 12.4 Å². The van der Waals surface area contributed by atoms with Crippen LogP contribution in [0, 0.1) is 0 Å².